The maximum absolute atomic E-state index is 5.39. The minimum atomic E-state index is 0.123. The van der Waals surface area contributed by atoms with Crippen LogP contribution in [0.1, 0.15) is 24.3 Å². The van der Waals surface area contributed by atoms with Crippen molar-refractivity contribution in [2.75, 3.05) is 10.6 Å². The molecule has 0 fully saturated rings. The van der Waals surface area contributed by atoms with Crippen LogP contribution in [0.2, 0.25) is 0 Å². The van der Waals surface area contributed by atoms with E-state index in [1.165, 1.54) is 5.56 Å². The largest absolute Gasteiger partial charge is 0.467 e. The number of hydrogen-bond donors (Lipinski definition) is 2. The number of furan rings is 1. The van der Waals surface area contributed by atoms with Gasteiger partial charge >= 0.3 is 0 Å². The first-order valence-electron chi connectivity index (χ1n) is 9.30. The Hall–Kier alpha value is -3.60. The molecule has 2 aromatic heterocycles. The summed E-state index contributed by atoms with van der Waals surface area (Å²) in [5.41, 5.74) is 3.11. The van der Waals surface area contributed by atoms with Gasteiger partial charge in [-0.3, -0.25) is 0 Å². The molecule has 140 valence electrons. The van der Waals surface area contributed by atoms with E-state index in [1.807, 2.05) is 66.7 Å². The summed E-state index contributed by atoms with van der Waals surface area (Å²) in [4.78, 5) is 9.33. The van der Waals surface area contributed by atoms with E-state index in [2.05, 4.69) is 39.7 Å². The first-order valence-corrected chi connectivity index (χ1v) is 9.30. The number of nitrogens with one attached hydrogen (secondary N) is 2. The first kappa shape index (κ1) is 17.8. The van der Waals surface area contributed by atoms with Gasteiger partial charge in [-0.25, -0.2) is 4.98 Å². The SMILES string of the molecule is CC(Nc1cc(-c2ccccc2)nc(NCc2ccco2)n1)c1ccccc1. The Kier molecular flexibility index (Phi) is 5.33. The smallest absolute Gasteiger partial charge is 0.225 e. The molecule has 4 aromatic rings. The first-order chi connectivity index (χ1) is 13.8. The van der Waals surface area contributed by atoms with Crippen LogP contribution in [0.25, 0.3) is 11.3 Å². The lowest BCUT2D eigenvalue weighted by atomic mass is 10.1. The zero-order valence-corrected chi connectivity index (χ0v) is 15.7. The zero-order chi connectivity index (χ0) is 19.2. The van der Waals surface area contributed by atoms with Crippen molar-refractivity contribution in [2.45, 2.75) is 19.5 Å². The highest BCUT2D eigenvalue weighted by Gasteiger charge is 2.11. The molecule has 0 aliphatic carbocycles. The fraction of sp³-hybridized carbons (Fsp3) is 0.130. The van der Waals surface area contributed by atoms with Crippen LogP contribution >= 0.6 is 0 Å². The molecular formula is C23H22N4O. The molecule has 0 saturated carbocycles. The van der Waals surface area contributed by atoms with Crippen molar-refractivity contribution in [1.29, 1.82) is 0 Å². The lowest BCUT2D eigenvalue weighted by molar-refractivity contribution is 0.517. The van der Waals surface area contributed by atoms with Crippen LogP contribution in [0.5, 0.6) is 0 Å². The molecule has 5 nitrogen and oxygen atoms in total. The third kappa shape index (κ3) is 4.38. The van der Waals surface area contributed by atoms with Gasteiger partial charge in [-0.1, -0.05) is 60.7 Å². The molecule has 0 aliphatic rings. The van der Waals surface area contributed by atoms with Crippen LogP contribution in [0.4, 0.5) is 11.8 Å². The fourth-order valence-corrected chi connectivity index (χ4v) is 2.98. The summed E-state index contributed by atoms with van der Waals surface area (Å²) >= 11 is 0. The van der Waals surface area contributed by atoms with Gasteiger partial charge in [0.2, 0.25) is 5.95 Å². The quantitative estimate of drug-likeness (QED) is 0.448. The van der Waals surface area contributed by atoms with E-state index >= 15 is 0 Å². The molecule has 2 heterocycles. The second-order valence-corrected chi connectivity index (χ2v) is 6.54. The minimum absolute atomic E-state index is 0.123. The predicted molar refractivity (Wildman–Crippen MR) is 112 cm³/mol. The monoisotopic (exact) mass is 370 g/mol. The highest BCUT2D eigenvalue weighted by atomic mass is 16.3. The van der Waals surface area contributed by atoms with Crippen LogP contribution in [0, 0.1) is 0 Å². The van der Waals surface area contributed by atoms with E-state index in [0.29, 0.717) is 12.5 Å². The van der Waals surface area contributed by atoms with Gasteiger partial charge in [-0.2, -0.15) is 4.98 Å². The van der Waals surface area contributed by atoms with Crippen molar-refractivity contribution in [3.8, 4) is 11.3 Å². The van der Waals surface area contributed by atoms with Crippen LogP contribution in [0.15, 0.2) is 89.5 Å². The Balaban J connectivity index is 1.61. The van der Waals surface area contributed by atoms with Gasteiger partial charge in [0.1, 0.15) is 11.6 Å². The summed E-state index contributed by atoms with van der Waals surface area (Å²) in [6, 6.07) is 26.3. The number of hydrogen-bond acceptors (Lipinski definition) is 5. The normalized spacial score (nSPS) is 11.8. The maximum Gasteiger partial charge on any atom is 0.225 e. The van der Waals surface area contributed by atoms with E-state index in [1.54, 1.807) is 6.26 Å². The summed E-state index contributed by atoms with van der Waals surface area (Å²) in [5.74, 6) is 2.16. The van der Waals surface area contributed by atoms with Crippen LogP contribution in [0.3, 0.4) is 0 Å². The van der Waals surface area contributed by atoms with Gasteiger partial charge < -0.3 is 15.1 Å². The average Bonchev–Trinajstić information content (AvgIpc) is 3.27. The molecule has 0 amide bonds. The average molecular weight is 370 g/mol. The molecule has 0 saturated heterocycles. The van der Waals surface area contributed by atoms with Crippen molar-refractivity contribution >= 4 is 11.8 Å². The number of nitrogens with zero attached hydrogens (tertiary/aromatic N) is 2. The van der Waals surface area contributed by atoms with Gasteiger partial charge in [0.25, 0.3) is 0 Å². The summed E-state index contributed by atoms with van der Waals surface area (Å²) in [6.07, 6.45) is 1.66. The van der Waals surface area contributed by atoms with Gasteiger partial charge in [0.05, 0.1) is 18.5 Å². The summed E-state index contributed by atoms with van der Waals surface area (Å²) in [5, 5.41) is 6.74. The van der Waals surface area contributed by atoms with E-state index in [0.717, 1.165) is 22.8 Å². The molecule has 2 aromatic carbocycles. The van der Waals surface area contributed by atoms with Gasteiger partial charge in [-0.05, 0) is 24.6 Å². The predicted octanol–water partition coefficient (Wildman–Crippen LogP) is 5.52. The number of rotatable bonds is 7. The molecular weight excluding hydrogens is 348 g/mol. The second-order valence-electron chi connectivity index (χ2n) is 6.54. The molecule has 0 spiro atoms. The Bertz CT molecular complexity index is 1000. The van der Waals surface area contributed by atoms with E-state index in [4.69, 9.17) is 4.42 Å². The van der Waals surface area contributed by atoms with E-state index in [-0.39, 0.29) is 6.04 Å². The molecule has 5 heteroatoms. The molecule has 4 rings (SSSR count). The van der Waals surface area contributed by atoms with Crippen molar-refractivity contribution < 1.29 is 4.42 Å². The number of anilines is 2. The second kappa shape index (κ2) is 8.39. The standard InChI is InChI=1S/C23H22N4O/c1-17(18-9-4-2-5-10-18)25-22-15-21(19-11-6-3-7-12-19)26-23(27-22)24-16-20-13-8-14-28-20/h2-15,17H,16H2,1H3,(H2,24,25,26,27). The molecule has 28 heavy (non-hydrogen) atoms. The van der Waals surface area contributed by atoms with Crippen molar-refractivity contribution in [2.24, 2.45) is 0 Å². The van der Waals surface area contributed by atoms with Crippen molar-refractivity contribution in [3.05, 3.63) is 96.4 Å². The number of benzene rings is 2. The lowest BCUT2D eigenvalue weighted by Crippen LogP contribution is -2.11. The van der Waals surface area contributed by atoms with Crippen LogP contribution < -0.4 is 10.6 Å². The molecule has 0 radical (unpaired) electrons. The molecule has 1 atom stereocenters. The van der Waals surface area contributed by atoms with Crippen molar-refractivity contribution in [1.82, 2.24) is 9.97 Å². The van der Waals surface area contributed by atoms with Crippen LogP contribution in [-0.2, 0) is 6.54 Å². The van der Waals surface area contributed by atoms with Gasteiger partial charge in [0, 0.05) is 17.7 Å². The molecule has 0 aliphatic heterocycles. The third-order valence-electron chi connectivity index (χ3n) is 4.46. The molecule has 0 bridgehead atoms. The third-order valence-corrected chi connectivity index (χ3v) is 4.46. The Labute approximate surface area is 164 Å². The highest BCUT2D eigenvalue weighted by Crippen LogP contribution is 2.24. The zero-order valence-electron chi connectivity index (χ0n) is 15.7. The van der Waals surface area contributed by atoms with Crippen LogP contribution in [-0.4, -0.2) is 9.97 Å². The Morgan fingerprint density at radius 1 is 0.893 bits per heavy atom. The Morgan fingerprint density at radius 2 is 1.64 bits per heavy atom. The fourth-order valence-electron chi connectivity index (χ4n) is 2.98. The van der Waals surface area contributed by atoms with E-state index in [9.17, 15) is 0 Å². The molecule has 1 unspecified atom stereocenters. The topological polar surface area (TPSA) is 63.0 Å². The number of aromatic nitrogens is 2. The highest BCUT2D eigenvalue weighted by molar-refractivity contribution is 5.64. The van der Waals surface area contributed by atoms with E-state index < -0.39 is 0 Å². The summed E-state index contributed by atoms with van der Waals surface area (Å²) < 4.78 is 5.39. The van der Waals surface area contributed by atoms with Crippen molar-refractivity contribution in [3.63, 3.8) is 0 Å². The van der Waals surface area contributed by atoms with Gasteiger partial charge in [-0.15, -0.1) is 0 Å². The maximum atomic E-state index is 5.39. The van der Waals surface area contributed by atoms with Gasteiger partial charge in [0.15, 0.2) is 0 Å². The molecule has 2 N–H and O–H groups in total. The summed E-state index contributed by atoms with van der Waals surface area (Å²) in [7, 11) is 0. The minimum Gasteiger partial charge on any atom is -0.467 e. The summed E-state index contributed by atoms with van der Waals surface area (Å²) in [6.45, 7) is 2.65. The Morgan fingerprint density at radius 3 is 2.36 bits per heavy atom. The lowest BCUT2D eigenvalue weighted by Gasteiger charge is -2.16.